The fourth-order valence-corrected chi connectivity index (χ4v) is 8.43. The molecule has 310 valence electrons. The molecular formula is C43H51N9O6S. The van der Waals surface area contributed by atoms with Crippen LogP contribution in [-0.4, -0.2) is 98.0 Å². The fourth-order valence-electron chi connectivity index (χ4n) is 7.09. The van der Waals surface area contributed by atoms with Gasteiger partial charge in [0, 0.05) is 56.1 Å². The molecule has 59 heavy (non-hydrogen) atoms. The van der Waals surface area contributed by atoms with Crippen LogP contribution in [0.4, 0.5) is 11.4 Å². The minimum atomic E-state index is -4.06. The first-order valence-electron chi connectivity index (χ1n) is 19.6. The monoisotopic (exact) mass is 821 g/mol. The van der Waals surface area contributed by atoms with E-state index in [0.717, 1.165) is 5.56 Å². The van der Waals surface area contributed by atoms with Gasteiger partial charge in [0.2, 0.25) is 33.7 Å². The van der Waals surface area contributed by atoms with E-state index in [2.05, 4.69) is 35.8 Å². The van der Waals surface area contributed by atoms with Crippen molar-refractivity contribution in [2.45, 2.75) is 63.2 Å². The van der Waals surface area contributed by atoms with Gasteiger partial charge in [-0.05, 0) is 66.8 Å². The average molecular weight is 822 g/mol. The first-order chi connectivity index (χ1) is 28.2. The molecule has 0 unspecified atom stereocenters. The number of anilines is 2. The number of nitrogen functional groups attached to an aromatic ring is 1. The number of carbonyl (C=O) groups is 4. The molecule has 6 bridgehead atoms. The van der Waals surface area contributed by atoms with E-state index in [4.69, 9.17) is 11.1 Å². The maximum atomic E-state index is 14.3. The number of hydrogen-bond acceptors (Lipinski definition) is 9. The minimum Gasteiger partial charge on any atom is -0.384 e. The zero-order valence-corrected chi connectivity index (χ0v) is 33.9. The van der Waals surface area contributed by atoms with Crippen LogP contribution in [0.1, 0.15) is 41.7 Å². The molecule has 0 radical (unpaired) electrons. The molecule has 6 heterocycles. The van der Waals surface area contributed by atoms with Gasteiger partial charge >= 0.3 is 0 Å². The topological polar surface area (TPSA) is 219 Å². The number of rotatable bonds is 8. The molecule has 4 atom stereocenters. The minimum absolute atomic E-state index is 0.0477. The maximum Gasteiger partial charge on any atom is 0.243 e. The van der Waals surface area contributed by atoms with E-state index >= 15 is 0 Å². The third kappa shape index (κ3) is 11.8. The summed E-state index contributed by atoms with van der Waals surface area (Å²) >= 11 is 0. The van der Waals surface area contributed by atoms with Crippen molar-refractivity contribution >= 4 is 50.9 Å². The Balaban J connectivity index is 1.30. The summed E-state index contributed by atoms with van der Waals surface area (Å²) in [4.78, 5) is 59.0. The molecule has 8 N–H and O–H groups in total. The zero-order chi connectivity index (χ0) is 42.1. The van der Waals surface area contributed by atoms with Gasteiger partial charge in [-0.2, -0.15) is 0 Å². The highest BCUT2D eigenvalue weighted by Gasteiger charge is 2.32. The van der Waals surface area contributed by atoms with Crippen LogP contribution < -0.4 is 31.7 Å². The highest BCUT2D eigenvalue weighted by Crippen LogP contribution is 2.18. The van der Waals surface area contributed by atoms with E-state index in [0.29, 0.717) is 59.8 Å². The van der Waals surface area contributed by atoms with Gasteiger partial charge in [-0.25, -0.2) is 13.1 Å². The number of fused-ring (bicyclic) bond motifs is 1. The number of amides is 4. The third-order valence-electron chi connectivity index (χ3n) is 10.7. The lowest BCUT2D eigenvalue weighted by Crippen LogP contribution is -2.56. The van der Waals surface area contributed by atoms with Crippen molar-refractivity contribution in [3.05, 3.63) is 131 Å². The number of hydrogen-bond donors (Lipinski definition) is 7. The summed E-state index contributed by atoms with van der Waals surface area (Å²) in [7, 11) is -4.06. The summed E-state index contributed by atoms with van der Waals surface area (Å²) in [6.07, 6.45) is -0.00945. The molecule has 4 amide bonds. The summed E-state index contributed by atoms with van der Waals surface area (Å²) in [5, 5.41) is 19.3. The van der Waals surface area contributed by atoms with Crippen molar-refractivity contribution in [2.75, 3.05) is 36.8 Å². The van der Waals surface area contributed by atoms with Gasteiger partial charge in [-0.1, -0.05) is 78.9 Å². The number of carbonyl (C=O) groups excluding carboxylic acids is 4. The number of nitrogens with zero attached hydrogens (tertiary/aromatic N) is 2. The lowest BCUT2D eigenvalue weighted by Gasteiger charge is -2.39. The Morgan fingerprint density at radius 2 is 1.22 bits per heavy atom. The Morgan fingerprint density at radius 1 is 0.712 bits per heavy atom. The molecule has 0 aliphatic carbocycles. The van der Waals surface area contributed by atoms with Crippen LogP contribution >= 0.6 is 0 Å². The first kappa shape index (κ1) is 42.7. The second-order valence-electron chi connectivity index (χ2n) is 15.0. The second kappa shape index (κ2) is 19.2. The van der Waals surface area contributed by atoms with Crippen LogP contribution in [0.25, 0.3) is 0 Å². The Bertz CT molecular complexity index is 2230. The van der Waals surface area contributed by atoms with E-state index in [1.165, 1.54) is 0 Å². The van der Waals surface area contributed by atoms with E-state index in [1.54, 1.807) is 103 Å². The number of amidine groups is 1. The highest BCUT2D eigenvalue weighted by molar-refractivity contribution is 7.88. The molecule has 0 saturated carbocycles. The highest BCUT2D eigenvalue weighted by atomic mass is 32.2. The smallest absolute Gasteiger partial charge is 0.243 e. The molecular weight excluding hydrogens is 771 g/mol. The fraction of sp³-hybridized carbons (Fsp3) is 0.326. The van der Waals surface area contributed by atoms with Crippen LogP contribution in [0.2, 0.25) is 0 Å². The summed E-state index contributed by atoms with van der Waals surface area (Å²) < 4.78 is 29.7. The molecule has 0 aromatic heterocycles. The van der Waals surface area contributed by atoms with E-state index < -0.39 is 46.0 Å². The number of nitrogens with two attached hydrogens (primary N) is 1. The van der Waals surface area contributed by atoms with Crippen molar-refractivity contribution < 1.29 is 27.6 Å². The lowest BCUT2D eigenvalue weighted by molar-refractivity contribution is -0.129. The Labute approximate surface area is 344 Å². The third-order valence-corrected chi connectivity index (χ3v) is 12.1. The van der Waals surface area contributed by atoms with Crippen molar-refractivity contribution in [1.29, 1.82) is 5.41 Å². The molecule has 10 rings (SSSR count). The molecule has 6 aliphatic heterocycles. The van der Waals surface area contributed by atoms with Crippen LogP contribution in [0, 0.1) is 5.41 Å². The van der Waals surface area contributed by atoms with Crippen LogP contribution in [0.3, 0.4) is 0 Å². The van der Waals surface area contributed by atoms with Crippen molar-refractivity contribution in [3.8, 4) is 0 Å². The van der Waals surface area contributed by atoms with Crippen LogP contribution in [-0.2, 0) is 54.3 Å². The Kier molecular flexibility index (Phi) is 13.9. The zero-order valence-electron chi connectivity index (χ0n) is 33.1. The molecule has 1 fully saturated rings. The van der Waals surface area contributed by atoms with Gasteiger partial charge < -0.3 is 27.0 Å². The summed E-state index contributed by atoms with van der Waals surface area (Å²) in [6.45, 7) is 6.21. The van der Waals surface area contributed by atoms with E-state index in [1.807, 2.05) is 13.8 Å². The molecule has 1 saturated heterocycles. The lowest BCUT2D eigenvalue weighted by atomic mass is 10.0. The van der Waals surface area contributed by atoms with Crippen molar-refractivity contribution in [1.82, 2.24) is 25.2 Å². The molecule has 6 aliphatic rings. The SMILES string of the molecule is C[C@@H]1C(=O)Nc2ccc(cc2)C[C@@H](C(=O)NCc2ccc(C(=N)N)cc2)NC(=O)[C@H](NS(=O)(=O)Cc2ccccc2)Cc2ccc(cc2)NC(=O)[C@H](C)N2CCN1CC2. The number of nitrogens with one attached hydrogen (secondary N) is 6. The summed E-state index contributed by atoms with van der Waals surface area (Å²) in [5.41, 5.74) is 9.78. The van der Waals surface area contributed by atoms with E-state index in [-0.39, 0.29) is 42.8 Å². The molecule has 15 nitrogen and oxygen atoms in total. The standard InChI is InChI=1S/C43H51N9O6S/c1-28-40(53)47-35-16-10-30(11-17-35)24-37(42(55)46-26-32-8-14-34(15-9-32)39(44)45)49-43(56)38(50-59(57,58)27-33-6-4-3-5-7-33)25-31-12-18-36(19-13-31)48-41(54)29(2)52-22-20-51(28)21-23-52/h3-19,28-29,37-38,50H,20-27H2,1-2H3,(H3,44,45)(H,46,55)(H,47,53)(H,48,54)(H,49,56)/t28-,29+,37+,38-/m1/s1. The predicted octanol–water partition coefficient (Wildman–Crippen LogP) is 2.33. The van der Waals surface area contributed by atoms with Gasteiger partial charge in [0.05, 0.1) is 17.8 Å². The Morgan fingerprint density at radius 3 is 1.73 bits per heavy atom. The van der Waals surface area contributed by atoms with Gasteiger partial charge in [0.15, 0.2) is 0 Å². The largest absolute Gasteiger partial charge is 0.384 e. The van der Waals surface area contributed by atoms with Gasteiger partial charge in [0.1, 0.15) is 17.9 Å². The second-order valence-corrected chi connectivity index (χ2v) is 16.8. The first-order valence-corrected chi connectivity index (χ1v) is 21.2. The normalized spacial score (nSPS) is 23.1. The van der Waals surface area contributed by atoms with Gasteiger partial charge in [-0.15, -0.1) is 0 Å². The van der Waals surface area contributed by atoms with Crippen molar-refractivity contribution in [3.63, 3.8) is 0 Å². The van der Waals surface area contributed by atoms with Crippen LogP contribution in [0.15, 0.2) is 103 Å². The molecule has 16 heteroatoms. The molecule has 4 aromatic rings. The Hall–Kier alpha value is -5.94. The number of benzene rings is 4. The van der Waals surface area contributed by atoms with Gasteiger partial charge in [-0.3, -0.25) is 34.4 Å². The quantitative estimate of drug-likeness (QED) is 0.102. The van der Waals surface area contributed by atoms with Crippen molar-refractivity contribution in [2.24, 2.45) is 5.73 Å². The molecule has 0 spiro atoms. The average Bonchev–Trinajstić information content (AvgIpc) is 3.23. The summed E-state index contributed by atoms with van der Waals surface area (Å²) in [5.74, 6) is -2.07. The number of piperazine rings is 1. The molecule has 4 aromatic carbocycles. The number of sulfonamides is 1. The van der Waals surface area contributed by atoms with Gasteiger partial charge in [0.25, 0.3) is 0 Å². The maximum absolute atomic E-state index is 14.3. The summed E-state index contributed by atoms with van der Waals surface area (Å²) in [6, 6.07) is 25.9. The van der Waals surface area contributed by atoms with Crippen LogP contribution in [0.5, 0.6) is 0 Å². The predicted molar refractivity (Wildman–Crippen MR) is 227 cm³/mol. The van der Waals surface area contributed by atoms with E-state index in [9.17, 15) is 27.6 Å².